The van der Waals surface area contributed by atoms with Crippen molar-refractivity contribution in [3.8, 4) is 5.88 Å². The predicted molar refractivity (Wildman–Crippen MR) is 70.1 cm³/mol. The van der Waals surface area contributed by atoms with Crippen LogP contribution in [-0.2, 0) is 9.59 Å². The van der Waals surface area contributed by atoms with Crippen LogP contribution in [0.1, 0.15) is 5.56 Å². The van der Waals surface area contributed by atoms with Crippen LogP contribution in [0, 0.1) is 0 Å². The molecule has 1 aromatic rings. The molecule has 2 aliphatic heterocycles. The number of carboxylic acid groups (broad SMARTS) is 1. The van der Waals surface area contributed by atoms with Crippen LogP contribution in [0.2, 0.25) is 0 Å². The maximum atomic E-state index is 12.0. The van der Waals surface area contributed by atoms with E-state index >= 15 is 0 Å². The molecular formula is C13H9N2NaO4S. The summed E-state index contributed by atoms with van der Waals surface area (Å²) < 4.78 is 4.95. The zero-order chi connectivity index (χ0) is 14.3. The molecule has 2 aliphatic rings. The molecule has 0 N–H and O–H groups in total. The van der Waals surface area contributed by atoms with Crippen LogP contribution < -0.4 is 39.4 Å². The van der Waals surface area contributed by atoms with Crippen molar-refractivity contribution in [1.29, 1.82) is 0 Å². The number of nitrogens with zero attached hydrogens (tertiary/aromatic N) is 2. The minimum absolute atomic E-state index is 0. The van der Waals surface area contributed by atoms with Gasteiger partial charge in [-0.05, 0) is 23.1 Å². The summed E-state index contributed by atoms with van der Waals surface area (Å²) in [6, 6.07) is 3.47. The van der Waals surface area contributed by atoms with E-state index in [-0.39, 0.29) is 46.5 Å². The largest absolute Gasteiger partial charge is 1.00 e. The Morgan fingerprint density at radius 2 is 2.29 bits per heavy atom. The Kier molecular flexibility index (Phi) is 4.77. The predicted octanol–water partition coefficient (Wildman–Crippen LogP) is -3.02. The smallest absolute Gasteiger partial charge is 0.543 e. The average molecular weight is 312 g/mol. The topological polar surface area (TPSA) is 82.6 Å². The second-order valence-corrected chi connectivity index (χ2v) is 5.14. The van der Waals surface area contributed by atoms with E-state index in [4.69, 9.17) is 4.74 Å². The van der Waals surface area contributed by atoms with Crippen LogP contribution in [-0.4, -0.2) is 34.2 Å². The van der Waals surface area contributed by atoms with Gasteiger partial charge in [-0.25, -0.2) is 4.98 Å². The monoisotopic (exact) mass is 312 g/mol. The van der Waals surface area contributed by atoms with Gasteiger partial charge >= 0.3 is 29.6 Å². The van der Waals surface area contributed by atoms with E-state index in [0.29, 0.717) is 11.5 Å². The molecule has 3 rings (SSSR count). The number of β-lactam (4-membered cyclic amide) rings is 1. The number of hydrogen-bond acceptors (Lipinski definition) is 6. The summed E-state index contributed by atoms with van der Waals surface area (Å²) in [5, 5.41) is 12.0. The third-order valence-electron chi connectivity index (χ3n) is 3.03. The fourth-order valence-corrected chi connectivity index (χ4v) is 3.15. The molecule has 0 saturated carbocycles. The molecule has 1 aromatic heterocycles. The quantitative estimate of drug-likeness (QED) is 0.336. The Labute approximate surface area is 147 Å². The van der Waals surface area contributed by atoms with Crippen LogP contribution in [0.3, 0.4) is 0 Å². The van der Waals surface area contributed by atoms with E-state index in [1.807, 2.05) is 0 Å². The molecule has 0 bridgehead atoms. The number of amides is 1. The summed E-state index contributed by atoms with van der Waals surface area (Å²) in [6.45, 7) is 0. The van der Waals surface area contributed by atoms with E-state index in [2.05, 4.69) is 4.98 Å². The number of pyridine rings is 1. The number of rotatable bonds is 3. The molecule has 0 aliphatic carbocycles. The molecule has 8 heteroatoms. The number of fused-ring (bicyclic) bond motifs is 1. The standard InChI is InChI=1S/C13H10N2O4S.Na/c1-19-10-3-2-7(5-14-10)4-8-11(16)15-9(13(17)18)6-20-12(8)15;/h2-6,12H,1H3,(H,17,18);/q;+1/p-1/t12-;/m1./s1. The molecule has 6 nitrogen and oxygen atoms in total. The van der Waals surface area contributed by atoms with Gasteiger partial charge in [0.15, 0.2) is 0 Å². The fraction of sp³-hybridized carbons (Fsp3) is 0.154. The molecule has 0 aromatic carbocycles. The van der Waals surface area contributed by atoms with Crippen LogP contribution in [0.25, 0.3) is 6.08 Å². The summed E-state index contributed by atoms with van der Waals surface area (Å²) in [5.74, 6) is -1.16. The van der Waals surface area contributed by atoms with Gasteiger partial charge in [0.25, 0.3) is 5.91 Å². The van der Waals surface area contributed by atoms with Gasteiger partial charge in [-0.1, -0.05) is 0 Å². The van der Waals surface area contributed by atoms with Crippen molar-refractivity contribution in [2.24, 2.45) is 0 Å². The third-order valence-corrected chi connectivity index (χ3v) is 4.12. The van der Waals surface area contributed by atoms with Crippen molar-refractivity contribution >= 4 is 29.7 Å². The van der Waals surface area contributed by atoms with Gasteiger partial charge < -0.3 is 14.6 Å². The molecule has 1 amide bonds. The van der Waals surface area contributed by atoms with Crippen molar-refractivity contribution < 1.29 is 49.0 Å². The first-order valence-electron chi connectivity index (χ1n) is 5.74. The molecule has 3 heterocycles. The van der Waals surface area contributed by atoms with E-state index in [0.717, 1.165) is 5.56 Å². The van der Waals surface area contributed by atoms with Gasteiger partial charge in [0.2, 0.25) is 5.88 Å². The molecule has 0 spiro atoms. The molecule has 1 saturated heterocycles. The van der Waals surface area contributed by atoms with Gasteiger partial charge in [0.05, 0.1) is 24.3 Å². The Balaban J connectivity index is 0.00000161. The summed E-state index contributed by atoms with van der Waals surface area (Å²) in [5.41, 5.74) is 1.24. The fourth-order valence-electron chi connectivity index (χ4n) is 2.04. The number of hydrogen-bond donors (Lipinski definition) is 0. The number of carbonyl (C=O) groups excluding carboxylic acids is 2. The number of aliphatic carboxylic acids is 1. The normalized spacial score (nSPS) is 21.3. The van der Waals surface area contributed by atoms with Gasteiger partial charge in [-0.15, -0.1) is 11.8 Å². The number of aromatic nitrogens is 1. The van der Waals surface area contributed by atoms with Crippen molar-refractivity contribution in [3.63, 3.8) is 0 Å². The zero-order valence-corrected chi connectivity index (χ0v) is 14.2. The molecular weight excluding hydrogens is 303 g/mol. The molecule has 21 heavy (non-hydrogen) atoms. The molecule has 102 valence electrons. The molecule has 1 atom stereocenters. The summed E-state index contributed by atoms with van der Waals surface area (Å²) >= 11 is 1.28. The Bertz CT molecular complexity index is 657. The Morgan fingerprint density at radius 1 is 1.52 bits per heavy atom. The summed E-state index contributed by atoms with van der Waals surface area (Å²) in [7, 11) is 1.52. The number of methoxy groups -OCH3 is 1. The second-order valence-electron chi connectivity index (χ2n) is 4.19. The third kappa shape index (κ3) is 2.74. The van der Waals surface area contributed by atoms with Crippen LogP contribution in [0.5, 0.6) is 5.88 Å². The average Bonchev–Trinajstić information content (AvgIpc) is 2.86. The number of carbonyl (C=O) groups is 2. The first-order valence-corrected chi connectivity index (χ1v) is 6.68. The van der Waals surface area contributed by atoms with Crippen molar-refractivity contribution in [1.82, 2.24) is 9.88 Å². The second kappa shape index (κ2) is 6.23. The molecule has 0 unspecified atom stereocenters. The van der Waals surface area contributed by atoms with Gasteiger partial charge in [0.1, 0.15) is 5.37 Å². The van der Waals surface area contributed by atoms with Gasteiger partial charge in [-0.3, -0.25) is 9.69 Å². The maximum absolute atomic E-state index is 12.0. The minimum atomic E-state index is -1.33. The first kappa shape index (κ1) is 16.1. The minimum Gasteiger partial charge on any atom is -0.543 e. The first-order chi connectivity index (χ1) is 9.61. The maximum Gasteiger partial charge on any atom is 1.00 e. The van der Waals surface area contributed by atoms with Gasteiger partial charge in [-0.2, -0.15) is 0 Å². The summed E-state index contributed by atoms with van der Waals surface area (Å²) in [4.78, 5) is 28.1. The molecule has 0 radical (unpaired) electrons. The van der Waals surface area contributed by atoms with Crippen LogP contribution in [0.4, 0.5) is 0 Å². The van der Waals surface area contributed by atoms with Crippen molar-refractivity contribution in [3.05, 3.63) is 40.6 Å². The van der Waals surface area contributed by atoms with Crippen molar-refractivity contribution in [2.45, 2.75) is 5.37 Å². The number of ether oxygens (including phenoxy) is 1. The summed E-state index contributed by atoms with van der Waals surface area (Å²) in [6.07, 6.45) is 3.30. The van der Waals surface area contributed by atoms with E-state index in [1.54, 1.807) is 24.4 Å². The Morgan fingerprint density at radius 3 is 2.86 bits per heavy atom. The zero-order valence-electron chi connectivity index (χ0n) is 11.4. The Hall–Kier alpha value is -1.28. The van der Waals surface area contributed by atoms with E-state index < -0.39 is 5.97 Å². The van der Waals surface area contributed by atoms with Crippen LogP contribution in [0.15, 0.2) is 35.0 Å². The molecule has 1 fully saturated rings. The van der Waals surface area contributed by atoms with Crippen molar-refractivity contribution in [2.75, 3.05) is 7.11 Å². The van der Waals surface area contributed by atoms with E-state index in [1.165, 1.54) is 29.2 Å². The number of thioether (sulfide) groups is 1. The van der Waals surface area contributed by atoms with Crippen LogP contribution >= 0.6 is 11.8 Å². The SMILES string of the molecule is COc1ccc(C=C2C(=O)N3C(C(=O)[O-])=CS[C@H]23)cn1.[Na+]. The van der Waals surface area contributed by atoms with Gasteiger partial charge in [0, 0.05) is 12.3 Å². The number of carboxylic acids is 1. The van der Waals surface area contributed by atoms with E-state index in [9.17, 15) is 14.7 Å².